The second kappa shape index (κ2) is 7.26. The molecule has 0 atom stereocenters. The van der Waals surface area contributed by atoms with Gasteiger partial charge >= 0.3 is 6.18 Å². The lowest BCUT2D eigenvalue weighted by Crippen LogP contribution is -2.19. The Bertz CT molecular complexity index is 926. The minimum Gasteiger partial charge on any atom is -0.468 e. The first-order valence-corrected chi connectivity index (χ1v) is 8.13. The summed E-state index contributed by atoms with van der Waals surface area (Å²) in [5.74, 6) is -0.698. The number of amides is 1. The number of aliphatic hydroxyl groups excluding tert-OH is 1. The Morgan fingerprint density at radius 3 is 2.73 bits per heavy atom. The highest BCUT2D eigenvalue weighted by Gasteiger charge is 2.28. The number of rotatable bonds is 5. The molecule has 0 spiro atoms. The van der Waals surface area contributed by atoms with Gasteiger partial charge in [0.25, 0.3) is 5.91 Å². The van der Waals surface area contributed by atoms with Crippen LogP contribution in [0.4, 0.5) is 18.9 Å². The van der Waals surface area contributed by atoms with E-state index in [0.717, 1.165) is 10.9 Å². The van der Waals surface area contributed by atoms with Crippen LogP contribution >= 0.6 is 11.3 Å². The predicted octanol–water partition coefficient (Wildman–Crippen LogP) is 3.38. The Morgan fingerprint density at radius 2 is 2.08 bits per heavy atom. The average molecular weight is 383 g/mol. The molecule has 10 heteroatoms. The molecular weight excluding hydrogens is 371 g/mol. The van der Waals surface area contributed by atoms with Crippen LogP contribution in [-0.2, 0) is 6.61 Å². The second-order valence-electron chi connectivity index (χ2n) is 5.19. The maximum absolute atomic E-state index is 12.2. The number of aliphatic hydroxyl groups is 1. The van der Waals surface area contributed by atoms with Crippen molar-refractivity contribution in [3.05, 3.63) is 47.1 Å². The number of nitrogens with zero attached hydrogens (tertiary/aromatic N) is 2. The normalized spacial score (nSPS) is 11.5. The van der Waals surface area contributed by atoms with E-state index in [2.05, 4.69) is 20.0 Å². The van der Waals surface area contributed by atoms with Crippen molar-refractivity contribution in [3.63, 3.8) is 0 Å². The molecule has 0 bridgehead atoms. The van der Waals surface area contributed by atoms with Gasteiger partial charge in [0.15, 0.2) is 6.61 Å². The molecule has 0 saturated heterocycles. The van der Waals surface area contributed by atoms with Crippen LogP contribution in [0, 0.1) is 0 Å². The van der Waals surface area contributed by atoms with Gasteiger partial charge in [-0.2, -0.15) is 13.2 Å². The summed E-state index contributed by atoms with van der Waals surface area (Å²) in [5.41, 5.74) is 1.30. The lowest BCUT2D eigenvalue weighted by atomic mass is 10.2. The van der Waals surface area contributed by atoms with Crippen LogP contribution in [0.1, 0.15) is 15.4 Å². The van der Waals surface area contributed by atoms with Gasteiger partial charge in [-0.25, -0.2) is 9.97 Å². The van der Waals surface area contributed by atoms with E-state index in [-0.39, 0.29) is 18.1 Å². The first-order chi connectivity index (χ1) is 12.3. The van der Waals surface area contributed by atoms with E-state index in [0.29, 0.717) is 16.2 Å². The van der Waals surface area contributed by atoms with E-state index in [1.54, 1.807) is 18.2 Å². The molecular formula is C16H12F3N3O3S. The van der Waals surface area contributed by atoms with Crippen molar-refractivity contribution in [3.8, 4) is 5.88 Å². The molecule has 2 heterocycles. The molecule has 0 fully saturated rings. The summed E-state index contributed by atoms with van der Waals surface area (Å²) in [5, 5.41) is 12.3. The van der Waals surface area contributed by atoms with Crippen molar-refractivity contribution in [2.75, 3.05) is 11.9 Å². The summed E-state index contributed by atoms with van der Waals surface area (Å²) < 4.78 is 41.6. The van der Waals surface area contributed by atoms with Gasteiger partial charge in [-0.3, -0.25) is 4.79 Å². The van der Waals surface area contributed by atoms with Gasteiger partial charge in [-0.1, -0.05) is 0 Å². The number of fused-ring (bicyclic) bond motifs is 1. The van der Waals surface area contributed by atoms with Crippen molar-refractivity contribution in [2.45, 2.75) is 12.8 Å². The molecule has 0 aliphatic rings. The van der Waals surface area contributed by atoms with Crippen LogP contribution in [0.3, 0.4) is 0 Å². The molecule has 136 valence electrons. The van der Waals surface area contributed by atoms with E-state index in [9.17, 15) is 18.0 Å². The van der Waals surface area contributed by atoms with Crippen LogP contribution < -0.4 is 10.1 Å². The molecule has 2 N–H and O–H groups in total. The number of benzene rings is 1. The first kappa shape index (κ1) is 18.1. The highest BCUT2D eigenvalue weighted by Crippen LogP contribution is 2.25. The Balaban J connectivity index is 1.67. The number of aromatic nitrogens is 2. The van der Waals surface area contributed by atoms with Crippen LogP contribution in [0.5, 0.6) is 5.88 Å². The monoisotopic (exact) mass is 383 g/mol. The molecule has 2 aromatic heterocycles. The molecule has 26 heavy (non-hydrogen) atoms. The molecule has 3 aromatic rings. The zero-order chi connectivity index (χ0) is 18.7. The Morgan fingerprint density at radius 1 is 1.27 bits per heavy atom. The van der Waals surface area contributed by atoms with Gasteiger partial charge in [0.1, 0.15) is 5.01 Å². The minimum atomic E-state index is -4.46. The van der Waals surface area contributed by atoms with E-state index in [1.807, 2.05) is 0 Å². The third-order valence-electron chi connectivity index (χ3n) is 3.21. The minimum absolute atomic E-state index is 0.157. The van der Waals surface area contributed by atoms with Gasteiger partial charge in [0, 0.05) is 18.0 Å². The number of hydrogen-bond acceptors (Lipinski definition) is 6. The maximum atomic E-state index is 12.2. The zero-order valence-corrected chi connectivity index (χ0v) is 13.9. The second-order valence-corrected chi connectivity index (χ2v) is 6.31. The summed E-state index contributed by atoms with van der Waals surface area (Å²) in [6.07, 6.45) is -3.33. The number of anilines is 1. The molecule has 0 unspecified atom stereocenters. The zero-order valence-electron chi connectivity index (χ0n) is 13.1. The lowest BCUT2D eigenvalue weighted by molar-refractivity contribution is -0.154. The highest BCUT2D eigenvalue weighted by atomic mass is 32.1. The van der Waals surface area contributed by atoms with E-state index in [1.165, 1.54) is 23.5 Å². The molecule has 0 aliphatic carbocycles. The predicted molar refractivity (Wildman–Crippen MR) is 89.3 cm³/mol. The van der Waals surface area contributed by atoms with Gasteiger partial charge in [0.05, 0.1) is 22.4 Å². The Kier molecular flexibility index (Phi) is 5.05. The van der Waals surface area contributed by atoms with Crippen molar-refractivity contribution >= 4 is 33.1 Å². The quantitative estimate of drug-likeness (QED) is 0.706. The summed E-state index contributed by atoms with van der Waals surface area (Å²) in [4.78, 5) is 20.1. The van der Waals surface area contributed by atoms with Gasteiger partial charge in [-0.15, -0.1) is 11.3 Å². The molecule has 0 radical (unpaired) electrons. The highest BCUT2D eigenvalue weighted by molar-refractivity contribution is 7.18. The average Bonchev–Trinajstić information content (AvgIpc) is 3.02. The summed E-state index contributed by atoms with van der Waals surface area (Å²) in [6.45, 7) is -1.61. The number of halogens is 3. The van der Waals surface area contributed by atoms with Crippen molar-refractivity contribution < 1.29 is 27.8 Å². The standard InChI is InChI=1S/C16H12F3N3O3S/c17-16(18,19)8-25-13-4-1-9(6-20-13)15(24)21-10-2-3-12-11(5-10)22-14(7-23)26-12/h1-6,23H,7-8H2,(H,21,24). The first-order valence-electron chi connectivity index (χ1n) is 7.31. The molecule has 0 saturated carbocycles. The number of carbonyl (C=O) groups excluding carboxylic acids is 1. The summed E-state index contributed by atoms with van der Waals surface area (Å²) in [6, 6.07) is 7.64. The Labute approximate surface area is 149 Å². The number of alkyl halides is 3. The smallest absolute Gasteiger partial charge is 0.422 e. The van der Waals surface area contributed by atoms with Crippen molar-refractivity contribution in [1.29, 1.82) is 0 Å². The van der Waals surface area contributed by atoms with Crippen LogP contribution in [0.2, 0.25) is 0 Å². The molecule has 1 aromatic carbocycles. The number of hydrogen-bond donors (Lipinski definition) is 2. The number of carbonyl (C=O) groups is 1. The number of ether oxygens (including phenoxy) is 1. The SMILES string of the molecule is O=C(Nc1ccc2sc(CO)nc2c1)c1ccc(OCC(F)(F)F)nc1. The third-order valence-corrected chi connectivity index (χ3v) is 4.23. The van der Waals surface area contributed by atoms with Crippen molar-refractivity contribution in [1.82, 2.24) is 9.97 Å². The molecule has 3 rings (SSSR count). The fourth-order valence-electron chi connectivity index (χ4n) is 2.08. The van der Waals surface area contributed by atoms with Gasteiger partial charge in [0.2, 0.25) is 5.88 Å². The van der Waals surface area contributed by atoms with Crippen LogP contribution in [0.15, 0.2) is 36.5 Å². The number of thiazole rings is 1. The largest absolute Gasteiger partial charge is 0.468 e. The Hall–Kier alpha value is -2.72. The fourth-order valence-corrected chi connectivity index (χ4v) is 2.89. The maximum Gasteiger partial charge on any atom is 0.422 e. The molecule has 1 amide bonds. The van der Waals surface area contributed by atoms with E-state index >= 15 is 0 Å². The van der Waals surface area contributed by atoms with Crippen LogP contribution in [0.25, 0.3) is 10.2 Å². The summed E-state index contributed by atoms with van der Waals surface area (Å²) in [7, 11) is 0. The summed E-state index contributed by atoms with van der Waals surface area (Å²) >= 11 is 1.35. The lowest BCUT2D eigenvalue weighted by Gasteiger charge is -2.09. The number of pyridine rings is 1. The molecule has 0 aliphatic heterocycles. The van der Waals surface area contributed by atoms with Gasteiger partial charge in [-0.05, 0) is 24.3 Å². The number of nitrogens with one attached hydrogen (secondary N) is 1. The van der Waals surface area contributed by atoms with Crippen LogP contribution in [-0.4, -0.2) is 33.8 Å². The fraction of sp³-hybridized carbons (Fsp3) is 0.188. The molecule has 6 nitrogen and oxygen atoms in total. The third kappa shape index (κ3) is 4.46. The van der Waals surface area contributed by atoms with E-state index in [4.69, 9.17) is 5.11 Å². The van der Waals surface area contributed by atoms with Crippen molar-refractivity contribution in [2.24, 2.45) is 0 Å². The van der Waals surface area contributed by atoms with Gasteiger partial charge < -0.3 is 15.2 Å². The van der Waals surface area contributed by atoms with E-state index < -0.39 is 18.7 Å². The topological polar surface area (TPSA) is 84.3 Å².